The van der Waals surface area contributed by atoms with Crippen molar-refractivity contribution in [2.45, 2.75) is 12.5 Å². The monoisotopic (exact) mass is 328 g/mol. The molecule has 1 atom stereocenters. The molecule has 116 valence electrons. The summed E-state index contributed by atoms with van der Waals surface area (Å²) in [5, 5.41) is 21.0. The van der Waals surface area contributed by atoms with E-state index in [1.807, 2.05) is 6.07 Å². The number of carbonyl (C=O) groups excluding carboxylic acids is 1. The lowest BCUT2D eigenvalue weighted by Crippen LogP contribution is -2.30. The third-order valence-electron chi connectivity index (χ3n) is 3.22. The fourth-order valence-corrected chi connectivity index (χ4v) is 2.41. The highest BCUT2D eigenvalue weighted by Gasteiger charge is 2.21. The lowest BCUT2D eigenvalue weighted by atomic mass is 10.0. The maximum atomic E-state index is 12.3. The molecule has 2 rings (SSSR count). The van der Waals surface area contributed by atoms with Crippen LogP contribution in [0.3, 0.4) is 0 Å². The Labute approximate surface area is 138 Å². The van der Waals surface area contributed by atoms with Crippen LogP contribution in [0.1, 0.15) is 33.9 Å². The van der Waals surface area contributed by atoms with E-state index in [0.717, 1.165) is 0 Å². The molecule has 0 aromatic heterocycles. The van der Waals surface area contributed by atoms with Crippen LogP contribution >= 0.6 is 11.6 Å². The SMILES string of the molecule is N#Cc1cccc(C(=O)N[C@@H](CC(=O)O)c2ccccc2Cl)c1. The minimum Gasteiger partial charge on any atom is -0.481 e. The summed E-state index contributed by atoms with van der Waals surface area (Å²) < 4.78 is 0. The fraction of sp³-hybridized carbons (Fsp3) is 0.118. The summed E-state index contributed by atoms with van der Waals surface area (Å²) in [6.07, 6.45) is -0.298. The first kappa shape index (κ1) is 16.5. The maximum absolute atomic E-state index is 12.3. The van der Waals surface area contributed by atoms with Crippen LogP contribution in [0.5, 0.6) is 0 Å². The van der Waals surface area contributed by atoms with Gasteiger partial charge in [0.1, 0.15) is 0 Å². The summed E-state index contributed by atoms with van der Waals surface area (Å²) in [5.41, 5.74) is 1.16. The molecule has 0 radical (unpaired) electrons. The predicted octanol–water partition coefficient (Wildman–Crippen LogP) is 3.16. The molecule has 0 aliphatic carbocycles. The molecule has 5 nitrogen and oxygen atoms in total. The second-order valence-electron chi connectivity index (χ2n) is 4.84. The second-order valence-corrected chi connectivity index (χ2v) is 5.25. The number of rotatable bonds is 5. The van der Waals surface area contributed by atoms with Crippen molar-refractivity contribution in [2.75, 3.05) is 0 Å². The largest absolute Gasteiger partial charge is 0.481 e. The van der Waals surface area contributed by atoms with Crippen LogP contribution in [0.2, 0.25) is 5.02 Å². The van der Waals surface area contributed by atoms with Crippen LogP contribution < -0.4 is 5.32 Å². The molecule has 2 aromatic carbocycles. The summed E-state index contributed by atoms with van der Waals surface area (Å²) in [4.78, 5) is 23.4. The van der Waals surface area contributed by atoms with Gasteiger partial charge in [-0.15, -0.1) is 0 Å². The average Bonchev–Trinajstić information content (AvgIpc) is 2.54. The third kappa shape index (κ3) is 4.31. The van der Waals surface area contributed by atoms with Gasteiger partial charge in [-0.05, 0) is 29.8 Å². The van der Waals surface area contributed by atoms with E-state index in [2.05, 4.69) is 5.32 Å². The van der Waals surface area contributed by atoms with Crippen molar-refractivity contribution in [3.63, 3.8) is 0 Å². The lowest BCUT2D eigenvalue weighted by Gasteiger charge is -2.18. The normalized spacial score (nSPS) is 11.3. The fourth-order valence-electron chi connectivity index (χ4n) is 2.14. The number of halogens is 1. The van der Waals surface area contributed by atoms with E-state index >= 15 is 0 Å². The molecule has 1 amide bonds. The zero-order chi connectivity index (χ0) is 16.8. The van der Waals surface area contributed by atoms with Crippen molar-refractivity contribution in [1.29, 1.82) is 5.26 Å². The first-order valence-electron chi connectivity index (χ1n) is 6.78. The Kier molecular flexibility index (Phi) is 5.34. The molecule has 0 aliphatic heterocycles. The van der Waals surface area contributed by atoms with Crippen LogP contribution in [-0.2, 0) is 4.79 Å². The number of hydrogen-bond donors (Lipinski definition) is 2. The van der Waals surface area contributed by atoms with E-state index in [1.54, 1.807) is 42.5 Å². The van der Waals surface area contributed by atoms with Crippen LogP contribution in [-0.4, -0.2) is 17.0 Å². The number of carboxylic acids is 1. The topological polar surface area (TPSA) is 90.2 Å². The van der Waals surface area contributed by atoms with Crippen LogP contribution in [0.25, 0.3) is 0 Å². The first-order valence-corrected chi connectivity index (χ1v) is 7.16. The molecule has 0 heterocycles. The van der Waals surface area contributed by atoms with Gasteiger partial charge in [-0.25, -0.2) is 0 Å². The summed E-state index contributed by atoms with van der Waals surface area (Å²) in [5.74, 6) is -1.52. The summed E-state index contributed by atoms with van der Waals surface area (Å²) in [7, 11) is 0. The van der Waals surface area contributed by atoms with Gasteiger partial charge < -0.3 is 10.4 Å². The van der Waals surface area contributed by atoms with Crippen molar-refractivity contribution in [1.82, 2.24) is 5.32 Å². The summed E-state index contributed by atoms with van der Waals surface area (Å²) in [6.45, 7) is 0. The Hall–Kier alpha value is -2.84. The number of benzene rings is 2. The van der Waals surface area contributed by atoms with Gasteiger partial charge in [-0.3, -0.25) is 9.59 Å². The summed E-state index contributed by atoms with van der Waals surface area (Å²) >= 11 is 6.09. The molecule has 23 heavy (non-hydrogen) atoms. The van der Waals surface area contributed by atoms with E-state index in [0.29, 0.717) is 16.1 Å². The predicted molar refractivity (Wildman–Crippen MR) is 85.1 cm³/mol. The number of aliphatic carboxylic acids is 1. The van der Waals surface area contributed by atoms with Gasteiger partial charge in [0.15, 0.2) is 0 Å². The molecule has 0 bridgehead atoms. The molecule has 2 aromatic rings. The van der Waals surface area contributed by atoms with Crippen molar-refractivity contribution >= 4 is 23.5 Å². The van der Waals surface area contributed by atoms with E-state index in [-0.39, 0.29) is 12.0 Å². The number of carboxylic acid groups (broad SMARTS) is 1. The molecule has 0 saturated carbocycles. The average molecular weight is 329 g/mol. The molecule has 0 saturated heterocycles. The molecule has 6 heteroatoms. The highest BCUT2D eigenvalue weighted by atomic mass is 35.5. The Morgan fingerprint density at radius 2 is 1.96 bits per heavy atom. The van der Waals surface area contributed by atoms with Gasteiger partial charge in [0.25, 0.3) is 5.91 Å². The Balaban J connectivity index is 2.27. The van der Waals surface area contributed by atoms with Crippen molar-refractivity contribution in [3.05, 3.63) is 70.2 Å². The lowest BCUT2D eigenvalue weighted by molar-refractivity contribution is -0.137. The number of nitrogens with zero attached hydrogens (tertiary/aromatic N) is 1. The Bertz CT molecular complexity index is 783. The minimum absolute atomic E-state index is 0.284. The van der Waals surface area contributed by atoms with Gasteiger partial charge in [0.2, 0.25) is 0 Å². The van der Waals surface area contributed by atoms with E-state index in [1.165, 1.54) is 6.07 Å². The van der Waals surface area contributed by atoms with E-state index in [9.17, 15) is 9.59 Å². The highest BCUT2D eigenvalue weighted by Crippen LogP contribution is 2.25. The molecular formula is C17H13ClN2O3. The molecule has 0 unspecified atom stereocenters. The van der Waals surface area contributed by atoms with Gasteiger partial charge in [-0.1, -0.05) is 35.9 Å². The van der Waals surface area contributed by atoms with Crippen LogP contribution in [0.15, 0.2) is 48.5 Å². The number of carbonyl (C=O) groups is 2. The Morgan fingerprint density at radius 1 is 1.22 bits per heavy atom. The molecule has 2 N–H and O–H groups in total. The molecule has 0 spiro atoms. The van der Waals surface area contributed by atoms with E-state index < -0.39 is 17.9 Å². The van der Waals surface area contributed by atoms with Crippen molar-refractivity contribution < 1.29 is 14.7 Å². The Morgan fingerprint density at radius 3 is 2.61 bits per heavy atom. The molecule has 0 fully saturated rings. The van der Waals surface area contributed by atoms with Crippen LogP contribution in [0, 0.1) is 11.3 Å². The van der Waals surface area contributed by atoms with Gasteiger partial charge in [-0.2, -0.15) is 5.26 Å². The third-order valence-corrected chi connectivity index (χ3v) is 3.56. The highest BCUT2D eigenvalue weighted by molar-refractivity contribution is 6.31. The van der Waals surface area contributed by atoms with Crippen molar-refractivity contribution in [2.24, 2.45) is 0 Å². The van der Waals surface area contributed by atoms with Crippen molar-refractivity contribution in [3.8, 4) is 6.07 Å². The first-order chi connectivity index (χ1) is 11.0. The van der Waals surface area contributed by atoms with E-state index in [4.69, 9.17) is 22.0 Å². The number of amides is 1. The number of hydrogen-bond acceptors (Lipinski definition) is 3. The molecular weight excluding hydrogens is 316 g/mol. The zero-order valence-corrected chi connectivity index (χ0v) is 12.7. The number of nitrogens with one attached hydrogen (secondary N) is 1. The minimum atomic E-state index is -1.05. The second kappa shape index (κ2) is 7.43. The number of nitriles is 1. The van der Waals surface area contributed by atoms with Gasteiger partial charge >= 0.3 is 5.97 Å². The molecule has 0 aliphatic rings. The quantitative estimate of drug-likeness (QED) is 0.882. The van der Waals surface area contributed by atoms with Crippen LogP contribution in [0.4, 0.5) is 0 Å². The standard InChI is InChI=1S/C17H13ClN2O3/c18-14-7-2-1-6-13(14)15(9-16(21)22)20-17(23)12-5-3-4-11(8-12)10-19/h1-8,15H,9H2,(H,20,23)(H,21,22)/t15-/m0/s1. The van der Waals surface area contributed by atoms with Gasteiger partial charge in [0, 0.05) is 10.6 Å². The summed E-state index contributed by atoms with van der Waals surface area (Å²) in [6, 6.07) is 14.1. The zero-order valence-electron chi connectivity index (χ0n) is 12.0. The maximum Gasteiger partial charge on any atom is 0.305 e. The van der Waals surface area contributed by atoms with Gasteiger partial charge in [0.05, 0.1) is 24.1 Å². The smallest absolute Gasteiger partial charge is 0.305 e.